The predicted octanol–water partition coefficient (Wildman–Crippen LogP) is 6.48. The Morgan fingerprint density at radius 1 is 0.686 bits per heavy atom. The largest absolute Gasteiger partial charge is 0.433 e. The topological polar surface area (TPSA) is 89.4 Å². The second kappa shape index (κ2) is 9.23. The van der Waals surface area contributed by atoms with E-state index in [-0.39, 0.29) is 39.8 Å². The van der Waals surface area contributed by atoms with Crippen molar-refractivity contribution in [3.05, 3.63) is 70.2 Å². The summed E-state index contributed by atoms with van der Waals surface area (Å²) in [4.78, 5) is 23.4. The zero-order chi connectivity index (χ0) is 25.4. The summed E-state index contributed by atoms with van der Waals surface area (Å²) >= 11 is 11.7. The molecule has 0 fully saturated rings. The molecule has 1 N–H and O–H groups in total. The van der Waals surface area contributed by atoms with E-state index in [1.54, 1.807) is 0 Å². The molecule has 0 unspecified atom stereocenters. The second-order valence-electron chi connectivity index (χ2n) is 6.77. The molecule has 0 aliphatic heterocycles. The molecule has 35 heavy (non-hydrogen) atoms. The highest BCUT2D eigenvalue weighted by atomic mass is 35.5. The highest BCUT2D eigenvalue weighted by molar-refractivity contribution is 6.29. The van der Waals surface area contributed by atoms with Crippen LogP contribution in [0.5, 0.6) is 0 Å². The molecule has 0 aliphatic rings. The van der Waals surface area contributed by atoms with Crippen molar-refractivity contribution in [2.75, 3.05) is 5.32 Å². The molecule has 0 aliphatic carbocycles. The Morgan fingerprint density at radius 3 is 2.03 bits per heavy atom. The van der Waals surface area contributed by atoms with Crippen LogP contribution in [0.25, 0.3) is 23.0 Å². The molecule has 0 saturated heterocycles. The maximum atomic E-state index is 13.3. The van der Waals surface area contributed by atoms with E-state index in [1.165, 1.54) is 24.3 Å². The molecule has 4 aromatic rings. The van der Waals surface area contributed by atoms with Gasteiger partial charge in [-0.2, -0.15) is 36.3 Å². The maximum absolute atomic E-state index is 13.3. The van der Waals surface area contributed by atoms with Crippen molar-refractivity contribution < 1.29 is 26.3 Å². The molecule has 0 bridgehead atoms. The van der Waals surface area contributed by atoms with E-state index in [9.17, 15) is 26.3 Å². The number of nitrogens with one attached hydrogen (secondary N) is 1. The van der Waals surface area contributed by atoms with E-state index in [1.807, 2.05) is 0 Å². The van der Waals surface area contributed by atoms with Gasteiger partial charge in [-0.15, -0.1) is 0 Å². The zero-order valence-corrected chi connectivity index (χ0v) is 18.3. The van der Waals surface area contributed by atoms with E-state index in [4.69, 9.17) is 23.2 Å². The van der Waals surface area contributed by atoms with Crippen molar-refractivity contribution in [2.45, 2.75) is 12.4 Å². The lowest BCUT2D eigenvalue weighted by atomic mass is 10.2. The Morgan fingerprint density at radius 2 is 1.37 bits per heavy atom. The Hall–Kier alpha value is -3.58. The molecular weight excluding hydrogens is 523 g/mol. The SMILES string of the molecule is FC(F)(F)c1cc(Cl)nc(-c2nc(Nc3ccnc(C(F)(F)F)c3)nc(-c3cccc(Cl)n3)n2)c1. The molecule has 0 spiro atoms. The third-order valence-corrected chi connectivity index (χ3v) is 4.64. The zero-order valence-electron chi connectivity index (χ0n) is 16.8. The third kappa shape index (κ3) is 5.92. The minimum absolute atomic E-state index is 0.0724. The summed E-state index contributed by atoms with van der Waals surface area (Å²) in [6.07, 6.45) is -8.53. The van der Waals surface area contributed by atoms with Gasteiger partial charge in [0.2, 0.25) is 5.95 Å². The molecule has 0 amide bonds. The van der Waals surface area contributed by atoms with Crippen LogP contribution in [0.15, 0.2) is 48.7 Å². The van der Waals surface area contributed by atoms with Crippen LogP contribution in [0.3, 0.4) is 0 Å². The molecule has 0 aromatic carbocycles. The van der Waals surface area contributed by atoms with Crippen LogP contribution in [-0.2, 0) is 12.4 Å². The van der Waals surface area contributed by atoms with Crippen LogP contribution in [0.4, 0.5) is 38.0 Å². The fourth-order valence-electron chi connectivity index (χ4n) is 2.76. The molecule has 4 aromatic heterocycles. The molecule has 4 heterocycles. The van der Waals surface area contributed by atoms with Crippen LogP contribution >= 0.6 is 23.2 Å². The first-order valence-corrected chi connectivity index (χ1v) is 10.1. The highest BCUT2D eigenvalue weighted by Crippen LogP contribution is 2.33. The maximum Gasteiger partial charge on any atom is 0.433 e. The summed E-state index contributed by atoms with van der Waals surface area (Å²) in [6, 6.07) is 7.69. The lowest BCUT2D eigenvalue weighted by Gasteiger charge is -2.12. The molecular formula is C20H9Cl2F6N7. The van der Waals surface area contributed by atoms with Crippen LogP contribution < -0.4 is 5.32 Å². The Labute approximate surface area is 202 Å². The van der Waals surface area contributed by atoms with E-state index < -0.39 is 28.8 Å². The van der Waals surface area contributed by atoms with Crippen LogP contribution in [0.1, 0.15) is 11.3 Å². The molecule has 4 rings (SSSR count). The van der Waals surface area contributed by atoms with Crippen molar-refractivity contribution in [1.29, 1.82) is 0 Å². The number of halogens is 8. The van der Waals surface area contributed by atoms with Gasteiger partial charge in [-0.25, -0.2) is 15.0 Å². The Balaban J connectivity index is 1.85. The Bertz CT molecular complexity index is 1400. The highest BCUT2D eigenvalue weighted by Gasteiger charge is 2.33. The summed E-state index contributed by atoms with van der Waals surface area (Å²) in [5, 5.41) is 2.16. The van der Waals surface area contributed by atoms with Gasteiger partial charge < -0.3 is 5.32 Å². The first-order chi connectivity index (χ1) is 16.4. The summed E-state index contributed by atoms with van der Waals surface area (Å²) < 4.78 is 78.9. The van der Waals surface area contributed by atoms with E-state index in [2.05, 4.69) is 35.2 Å². The first kappa shape index (κ1) is 24.5. The van der Waals surface area contributed by atoms with Gasteiger partial charge >= 0.3 is 12.4 Å². The quantitative estimate of drug-likeness (QED) is 0.238. The summed E-state index contributed by atoms with van der Waals surface area (Å²) in [5.41, 5.74) is -2.62. The van der Waals surface area contributed by atoms with Crippen LogP contribution in [-0.4, -0.2) is 29.9 Å². The fourth-order valence-corrected chi connectivity index (χ4v) is 3.13. The first-order valence-electron chi connectivity index (χ1n) is 9.33. The van der Waals surface area contributed by atoms with Crippen molar-refractivity contribution >= 4 is 34.8 Å². The number of rotatable bonds is 4. The van der Waals surface area contributed by atoms with Crippen molar-refractivity contribution in [1.82, 2.24) is 29.9 Å². The number of anilines is 2. The van der Waals surface area contributed by atoms with Gasteiger partial charge in [-0.3, -0.25) is 4.98 Å². The van der Waals surface area contributed by atoms with E-state index in [0.717, 1.165) is 6.20 Å². The normalized spacial score (nSPS) is 12.0. The van der Waals surface area contributed by atoms with Crippen molar-refractivity contribution in [3.63, 3.8) is 0 Å². The van der Waals surface area contributed by atoms with E-state index >= 15 is 0 Å². The number of alkyl halides is 6. The average Bonchev–Trinajstić information content (AvgIpc) is 2.77. The summed E-state index contributed by atoms with van der Waals surface area (Å²) in [6.45, 7) is 0. The number of nitrogens with zero attached hydrogens (tertiary/aromatic N) is 6. The summed E-state index contributed by atoms with van der Waals surface area (Å²) in [5.74, 6) is -0.792. The molecule has 180 valence electrons. The summed E-state index contributed by atoms with van der Waals surface area (Å²) in [7, 11) is 0. The predicted molar refractivity (Wildman–Crippen MR) is 114 cm³/mol. The molecule has 0 atom stereocenters. The Kier molecular flexibility index (Phi) is 6.47. The van der Waals surface area contributed by atoms with Gasteiger partial charge in [0.1, 0.15) is 27.4 Å². The van der Waals surface area contributed by atoms with Crippen LogP contribution in [0.2, 0.25) is 10.3 Å². The standard InChI is InChI=1S/C20H9Cl2F6N7/c21-14-3-1-2-11(31-14)16-33-17(12-6-9(19(23,24)25)7-15(22)32-12)35-18(34-16)30-10-4-5-29-13(8-10)20(26,27)28/h1-8H,(H,29,30,33,34,35). The van der Waals surface area contributed by atoms with Crippen molar-refractivity contribution in [3.8, 4) is 23.0 Å². The van der Waals surface area contributed by atoms with Crippen LogP contribution in [0, 0.1) is 0 Å². The monoisotopic (exact) mass is 531 g/mol. The fraction of sp³-hybridized carbons (Fsp3) is 0.100. The minimum atomic E-state index is -4.74. The number of aromatic nitrogens is 6. The second-order valence-corrected chi connectivity index (χ2v) is 7.54. The molecule has 0 saturated carbocycles. The number of pyridine rings is 3. The van der Waals surface area contributed by atoms with Gasteiger partial charge in [0.25, 0.3) is 0 Å². The van der Waals surface area contributed by atoms with Gasteiger partial charge in [0, 0.05) is 11.9 Å². The van der Waals surface area contributed by atoms with Crippen molar-refractivity contribution in [2.24, 2.45) is 0 Å². The third-order valence-electron chi connectivity index (χ3n) is 4.24. The van der Waals surface area contributed by atoms with Gasteiger partial charge in [0.15, 0.2) is 11.6 Å². The minimum Gasteiger partial charge on any atom is -0.324 e. The average molecular weight is 532 g/mol. The van der Waals surface area contributed by atoms with Gasteiger partial charge in [-0.1, -0.05) is 29.3 Å². The van der Waals surface area contributed by atoms with E-state index in [0.29, 0.717) is 18.2 Å². The smallest absolute Gasteiger partial charge is 0.324 e. The van der Waals surface area contributed by atoms with Gasteiger partial charge in [-0.05, 0) is 36.4 Å². The molecule has 7 nitrogen and oxygen atoms in total. The number of hydrogen-bond acceptors (Lipinski definition) is 7. The number of hydrogen-bond donors (Lipinski definition) is 1. The lowest BCUT2D eigenvalue weighted by Crippen LogP contribution is -2.10. The van der Waals surface area contributed by atoms with Gasteiger partial charge in [0.05, 0.1) is 5.56 Å². The lowest BCUT2D eigenvalue weighted by molar-refractivity contribution is -0.141. The molecule has 0 radical (unpaired) electrons. The molecule has 15 heteroatoms.